The molecule has 162 valence electrons. The third-order valence-electron chi connectivity index (χ3n) is 6.01. The summed E-state index contributed by atoms with van der Waals surface area (Å²) in [5.74, 6) is -0.322. The Morgan fingerprint density at radius 3 is 2.75 bits per heavy atom. The number of imidazole rings is 1. The van der Waals surface area contributed by atoms with Crippen LogP contribution < -0.4 is 5.73 Å². The van der Waals surface area contributed by atoms with Gasteiger partial charge in [0, 0.05) is 28.9 Å². The highest BCUT2D eigenvalue weighted by molar-refractivity contribution is 6.04. The molecule has 7 heteroatoms. The van der Waals surface area contributed by atoms with E-state index in [1.165, 1.54) is 0 Å². The first-order valence-electron chi connectivity index (χ1n) is 10.9. The third kappa shape index (κ3) is 3.99. The zero-order chi connectivity index (χ0) is 22.1. The first kappa shape index (κ1) is 20.3. The van der Waals surface area contributed by atoms with Gasteiger partial charge in [0.1, 0.15) is 6.10 Å². The summed E-state index contributed by atoms with van der Waals surface area (Å²) in [5, 5.41) is 0.744. The molecule has 1 aliphatic rings. The molecule has 0 bridgehead atoms. The van der Waals surface area contributed by atoms with Gasteiger partial charge in [-0.05, 0) is 62.9 Å². The second-order valence-electron chi connectivity index (χ2n) is 8.32. The Balaban J connectivity index is 1.50. The van der Waals surface area contributed by atoms with Gasteiger partial charge in [0.25, 0.3) is 0 Å². The van der Waals surface area contributed by atoms with Crippen molar-refractivity contribution in [2.24, 2.45) is 5.73 Å². The Labute approximate surface area is 186 Å². The van der Waals surface area contributed by atoms with E-state index in [-0.39, 0.29) is 18.1 Å². The van der Waals surface area contributed by atoms with Gasteiger partial charge in [-0.25, -0.2) is 9.78 Å². The first-order valence-corrected chi connectivity index (χ1v) is 10.9. The molecule has 0 saturated heterocycles. The fraction of sp³-hybridized carbons (Fsp3) is 0.280. The molecule has 0 amide bonds. The van der Waals surface area contributed by atoms with Crippen LogP contribution in [0.15, 0.2) is 55.0 Å². The Hall–Kier alpha value is -3.58. The van der Waals surface area contributed by atoms with E-state index in [2.05, 4.69) is 19.9 Å². The molecule has 0 aliphatic heterocycles. The molecule has 3 aromatic heterocycles. The lowest BCUT2D eigenvalue weighted by molar-refractivity contribution is 0.0199. The summed E-state index contributed by atoms with van der Waals surface area (Å²) in [6.45, 7) is 1.96. The highest BCUT2D eigenvalue weighted by Crippen LogP contribution is 2.31. The monoisotopic (exact) mass is 427 g/mol. The molecule has 32 heavy (non-hydrogen) atoms. The van der Waals surface area contributed by atoms with Gasteiger partial charge in [0.2, 0.25) is 0 Å². The number of aromatic nitrogens is 4. The molecule has 1 fully saturated rings. The van der Waals surface area contributed by atoms with Crippen LogP contribution in [-0.4, -0.2) is 38.1 Å². The van der Waals surface area contributed by atoms with Crippen LogP contribution in [0.25, 0.3) is 33.5 Å². The van der Waals surface area contributed by atoms with E-state index in [4.69, 9.17) is 10.5 Å². The summed E-state index contributed by atoms with van der Waals surface area (Å²) in [5.41, 5.74) is 11.5. The number of H-pyrrole nitrogens is 1. The average molecular weight is 428 g/mol. The standard InChI is InChI=1S/C25H25N5O2/c1-15-3-2-4-22(30-15)24-23(28-14-29-24)16-5-10-21-20(13-16)19(11-12-27-21)25(31)32-18-8-6-17(26)7-9-18/h2-5,10-14,17-18H,6-9,26H2,1H3,(H,28,29). The molecule has 0 radical (unpaired) electrons. The van der Waals surface area contributed by atoms with Crippen LogP contribution in [0.4, 0.5) is 0 Å². The van der Waals surface area contributed by atoms with Gasteiger partial charge in [-0.15, -0.1) is 0 Å². The molecule has 1 saturated carbocycles. The van der Waals surface area contributed by atoms with E-state index >= 15 is 0 Å². The largest absolute Gasteiger partial charge is 0.459 e. The zero-order valence-corrected chi connectivity index (χ0v) is 17.9. The smallest absolute Gasteiger partial charge is 0.339 e. The summed E-state index contributed by atoms with van der Waals surface area (Å²) < 4.78 is 5.82. The molecule has 0 unspecified atom stereocenters. The highest BCUT2D eigenvalue weighted by atomic mass is 16.5. The Kier molecular flexibility index (Phi) is 5.41. The second kappa shape index (κ2) is 8.51. The molecule has 3 heterocycles. The van der Waals surface area contributed by atoms with Crippen molar-refractivity contribution in [3.8, 4) is 22.6 Å². The topological polar surface area (TPSA) is 107 Å². The number of benzene rings is 1. The minimum Gasteiger partial charge on any atom is -0.459 e. The van der Waals surface area contributed by atoms with Gasteiger partial charge in [-0.1, -0.05) is 12.1 Å². The van der Waals surface area contributed by atoms with Crippen molar-refractivity contribution in [2.45, 2.75) is 44.8 Å². The predicted octanol–water partition coefficient (Wildman–Crippen LogP) is 4.42. The van der Waals surface area contributed by atoms with Crippen LogP contribution in [0.3, 0.4) is 0 Å². The van der Waals surface area contributed by atoms with Crippen molar-refractivity contribution in [1.82, 2.24) is 19.9 Å². The van der Waals surface area contributed by atoms with Crippen molar-refractivity contribution in [3.05, 3.63) is 66.2 Å². The summed E-state index contributed by atoms with van der Waals surface area (Å²) >= 11 is 0. The van der Waals surface area contributed by atoms with Crippen LogP contribution in [0.1, 0.15) is 41.7 Å². The fourth-order valence-electron chi connectivity index (χ4n) is 4.28. The number of aromatic amines is 1. The number of nitrogens with two attached hydrogens (primary N) is 1. The number of ether oxygens (including phenoxy) is 1. The normalized spacial score (nSPS) is 18.6. The van der Waals surface area contributed by atoms with Gasteiger partial charge in [-0.3, -0.25) is 9.97 Å². The van der Waals surface area contributed by atoms with E-state index < -0.39 is 0 Å². The quantitative estimate of drug-likeness (QED) is 0.467. The van der Waals surface area contributed by atoms with Gasteiger partial charge < -0.3 is 15.5 Å². The van der Waals surface area contributed by atoms with Gasteiger partial charge in [0.15, 0.2) is 0 Å². The SMILES string of the molecule is Cc1cccc(-c2[nH]cnc2-c2ccc3nccc(C(=O)OC4CCC(N)CC4)c3c2)n1. The molecule has 0 atom stereocenters. The fourth-order valence-corrected chi connectivity index (χ4v) is 4.28. The van der Waals surface area contributed by atoms with Crippen molar-refractivity contribution < 1.29 is 9.53 Å². The third-order valence-corrected chi connectivity index (χ3v) is 6.01. The molecular formula is C25H25N5O2. The van der Waals surface area contributed by atoms with E-state index in [9.17, 15) is 4.79 Å². The number of fused-ring (bicyclic) bond motifs is 1. The Morgan fingerprint density at radius 1 is 1.09 bits per heavy atom. The highest BCUT2D eigenvalue weighted by Gasteiger charge is 2.23. The second-order valence-corrected chi connectivity index (χ2v) is 8.32. The summed E-state index contributed by atoms with van der Waals surface area (Å²) in [7, 11) is 0. The van der Waals surface area contributed by atoms with E-state index in [1.807, 2.05) is 43.3 Å². The van der Waals surface area contributed by atoms with Crippen molar-refractivity contribution in [2.75, 3.05) is 0 Å². The van der Waals surface area contributed by atoms with Crippen LogP contribution in [0, 0.1) is 6.92 Å². The number of aryl methyl sites for hydroxylation is 1. The van der Waals surface area contributed by atoms with Gasteiger partial charge in [0.05, 0.1) is 34.5 Å². The zero-order valence-electron chi connectivity index (χ0n) is 17.9. The van der Waals surface area contributed by atoms with E-state index in [0.717, 1.165) is 64.9 Å². The number of nitrogens with one attached hydrogen (secondary N) is 1. The molecule has 0 spiro atoms. The maximum Gasteiger partial charge on any atom is 0.339 e. The molecule has 1 aliphatic carbocycles. The van der Waals surface area contributed by atoms with Crippen molar-refractivity contribution >= 4 is 16.9 Å². The lowest BCUT2D eigenvalue weighted by Gasteiger charge is -2.26. The van der Waals surface area contributed by atoms with Gasteiger partial charge in [-0.2, -0.15) is 0 Å². The van der Waals surface area contributed by atoms with E-state index in [1.54, 1.807) is 18.6 Å². The number of carbonyl (C=O) groups is 1. The summed E-state index contributed by atoms with van der Waals surface area (Å²) in [6.07, 6.45) is 6.60. The van der Waals surface area contributed by atoms with Crippen molar-refractivity contribution in [3.63, 3.8) is 0 Å². The number of nitrogens with zero attached hydrogens (tertiary/aromatic N) is 3. The lowest BCUT2D eigenvalue weighted by Crippen LogP contribution is -2.31. The molecule has 5 rings (SSSR count). The predicted molar refractivity (Wildman–Crippen MR) is 123 cm³/mol. The maximum absolute atomic E-state index is 13.0. The Bertz CT molecular complexity index is 1270. The number of pyridine rings is 2. The minimum absolute atomic E-state index is 0.0842. The van der Waals surface area contributed by atoms with Crippen LogP contribution in [0.5, 0.6) is 0 Å². The lowest BCUT2D eigenvalue weighted by atomic mass is 9.93. The molecule has 1 aromatic carbocycles. The molecule has 4 aromatic rings. The number of hydrogen-bond acceptors (Lipinski definition) is 6. The van der Waals surface area contributed by atoms with Crippen LogP contribution in [0.2, 0.25) is 0 Å². The van der Waals surface area contributed by atoms with Gasteiger partial charge >= 0.3 is 5.97 Å². The maximum atomic E-state index is 13.0. The van der Waals surface area contributed by atoms with Crippen molar-refractivity contribution in [1.29, 1.82) is 0 Å². The molecular weight excluding hydrogens is 402 g/mol. The number of carbonyl (C=O) groups excluding carboxylic acids is 1. The number of rotatable bonds is 4. The van der Waals surface area contributed by atoms with Crippen LogP contribution in [-0.2, 0) is 4.74 Å². The minimum atomic E-state index is -0.322. The number of hydrogen-bond donors (Lipinski definition) is 2. The van der Waals surface area contributed by atoms with E-state index in [0.29, 0.717) is 5.56 Å². The number of esters is 1. The summed E-state index contributed by atoms with van der Waals surface area (Å²) in [4.78, 5) is 29.8. The average Bonchev–Trinajstić information content (AvgIpc) is 3.30. The molecule has 7 nitrogen and oxygen atoms in total. The molecule has 3 N–H and O–H groups in total. The summed E-state index contributed by atoms with van der Waals surface area (Å²) in [6, 6.07) is 13.6. The Morgan fingerprint density at radius 2 is 1.94 bits per heavy atom. The first-order chi connectivity index (χ1) is 15.6. The van der Waals surface area contributed by atoms with Crippen LogP contribution >= 0.6 is 0 Å².